The molecule has 1 aliphatic rings. The second kappa shape index (κ2) is 6.32. The Kier molecular flexibility index (Phi) is 4.96. The molecule has 0 bridgehead atoms. The van der Waals surface area contributed by atoms with Crippen LogP contribution in [0.5, 0.6) is 0 Å². The first-order valence-electron chi connectivity index (χ1n) is 8.16. The van der Waals surface area contributed by atoms with E-state index >= 15 is 0 Å². The molecule has 1 heterocycles. The van der Waals surface area contributed by atoms with Crippen LogP contribution in [0.1, 0.15) is 33.3 Å². The summed E-state index contributed by atoms with van der Waals surface area (Å²) < 4.78 is 12.4. The van der Waals surface area contributed by atoms with Crippen molar-refractivity contribution < 1.29 is 9.31 Å². The molecule has 1 aliphatic heterocycles. The number of benzene rings is 1. The quantitative estimate of drug-likeness (QED) is 0.585. The molecule has 0 saturated carbocycles. The predicted octanol–water partition coefficient (Wildman–Crippen LogP) is 4.58. The van der Waals surface area contributed by atoms with E-state index in [2.05, 4.69) is 77.0 Å². The van der Waals surface area contributed by atoms with E-state index in [-0.39, 0.29) is 11.2 Å². The van der Waals surface area contributed by atoms with Crippen molar-refractivity contribution in [1.29, 1.82) is 0 Å². The minimum absolute atomic E-state index is 0.353. The fraction of sp³-hybridized carbons (Fsp3) is 0.474. The maximum Gasteiger partial charge on any atom is 0.503 e. The average Bonchev–Trinajstić information content (AvgIpc) is 2.63. The van der Waals surface area contributed by atoms with E-state index in [0.717, 1.165) is 11.0 Å². The number of hydrogen-bond acceptors (Lipinski definition) is 2. The molecule has 0 aromatic heterocycles. The molecule has 0 amide bonds. The third-order valence-electron chi connectivity index (χ3n) is 4.21. The molecule has 1 fully saturated rings. The second-order valence-corrected chi connectivity index (χ2v) is 12.8. The maximum absolute atomic E-state index is 6.19. The first-order valence-corrected chi connectivity index (χ1v) is 11.7. The van der Waals surface area contributed by atoms with Gasteiger partial charge in [-0.2, -0.15) is 0 Å². The lowest BCUT2D eigenvalue weighted by Gasteiger charge is -2.32. The largest absolute Gasteiger partial charge is 0.503 e. The summed E-state index contributed by atoms with van der Waals surface area (Å²) in [6.07, 6.45) is 2.08. The zero-order valence-corrected chi connectivity index (χ0v) is 16.4. The zero-order chi connectivity index (χ0) is 17.3. The highest BCUT2D eigenvalue weighted by Gasteiger charge is 2.52. The van der Waals surface area contributed by atoms with Crippen LogP contribution in [-0.2, 0) is 9.31 Å². The molecular weight excluding hydrogens is 299 g/mol. The van der Waals surface area contributed by atoms with E-state index < -0.39 is 15.2 Å². The Hall–Kier alpha value is -1.28. The van der Waals surface area contributed by atoms with Gasteiger partial charge in [-0.05, 0) is 39.3 Å². The highest BCUT2D eigenvalue weighted by molar-refractivity contribution is 6.84. The number of allylic oxidation sites excluding steroid dienone is 1. The molecule has 0 unspecified atom stereocenters. The van der Waals surface area contributed by atoms with Crippen LogP contribution in [0.2, 0.25) is 19.6 Å². The molecule has 122 valence electrons. The van der Waals surface area contributed by atoms with E-state index in [0.29, 0.717) is 0 Å². The average molecular weight is 326 g/mol. The number of hydrogen-bond donors (Lipinski definition) is 0. The zero-order valence-electron chi connectivity index (χ0n) is 15.4. The van der Waals surface area contributed by atoms with Gasteiger partial charge < -0.3 is 9.31 Å². The summed E-state index contributed by atoms with van der Waals surface area (Å²) in [5.74, 6) is 3.35. The first-order chi connectivity index (χ1) is 10.5. The van der Waals surface area contributed by atoms with Crippen LogP contribution >= 0.6 is 0 Å². The minimum Gasteiger partial charge on any atom is -0.399 e. The molecule has 1 aromatic carbocycles. The van der Waals surface area contributed by atoms with Gasteiger partial charge in [0.15, 0.2) is 0 Å². The van der Waals surface area contributed by atoms with Crippen molar-refractivity contribution in [2.45, 2.75) is 58.5 Å². The fourth-order valence-corrected chi connectivity index (χ4v) is 2.64. The molecule has 0 aliphatic carbocycles. The summed E-state index contributed by atoms with van der Waals surface area (Å²) in [6.45, 7) is 15.0. The summed E-state index contributed by atoms with van der Waals surface area (Å²) in [5, 5.41) is 0. The third-order valence-corrected chi connectivity index (χ3v) is 5.09. The lowest BCUT2D eigenvalue weighted by molar-refractivity contribution is 0.00578. The summed E-state index contributed by atoms with van der Waals surface area (Å²) in [7, 11) is -1.89. The molecule has 4 heteroatoms. The van der Waals surface area contributed by atoms with Crippen LogP contribution in [0.4, 0.5) is 0 Å². The Morgan fingerprint density at radius 3 is 2.00 bits per heavy atom. The summed E-state index contributed by atoms with van der Waals surface area (Å²) in [6, 6.07) is 10.2. The van der Waals surface area contributed by atoms with Gasteiger partial charge in [0.1, 0.15) is 8.07 Å². The first kappa shape index (κ1) is 18.1. The summed E-state index contributed by atoms with van der Waals surface area (Å²) in [4.78, 5) is 0. The van der Waals surface area contributed by atoms with E-state index in [9.17, 15) is 0 Å². The van der Waals surface area contributed by atoms with Crippen LogP contribution in [0.25, 0.3) is 6.08 Å². The normalized spacial score (nSPS) is 20.1. The minimum atomic E-state index is -1.47. The second-order valence-electron chi connectivity index (χ2n) is 8.10. The Balaban J connectivity index is 2.39. The maximum atomic E-state index is 6.19. The van der Waals surface area contributed by atoms with Crippen LogP contribution in [0.3, 0.4) is 0 Å². The molecule has 2 nitrogen and oxygen atoms in total. The van der Waals surface area contributed by atoms with Crippen LogP contribution in [0.15, 0.2) is 35.8 Å². The molecule has 0 radical (unpaired) electrons. The Morgan fingerprint density at radius 2 is 1.52 bits per heavy atom. The number of rotatable bonds is 2. The standard InChI is InChI=1S/C19H27BO2Si/c1-18(2)19(3,4)22-20(21-18)17(13-14-23(5,6)7)15-16-11-9-8-10-12-16/h8-12,15H,1-7H3/b17-15+. The van der Waals surface area contributed by atoms with Gasteiger partial charge in [0.05, 0.1) is 11.2 Å². The van der Waals surface area contributed by atoms with Gasteiger partial charge in [0, 0.05) is 5.47 Å². The van der Waals surface area contributed by atoms with E-state index in [1.807, 2.05) is 18.2 Å². The summed E-state index contributed by atoms with van der Waals surface area (Å²) in [5.41, 5.74) is 4.74. The van der Waals surface area contributed by atoms with Gasteiger partial charge in [-0.25, -0.2) is 0 Å². The lowest BCUT2D eigenvalue weighted by Crippen LogP contribution is -2.41. The van der Waals surface area contributed by atoms with Gasteiger partial charge in [-0.1, -0.05) is 55.9 Å². The van der Waals surface area contributed by atoms with Gasteiger partial charge in [-0.3, -0.25) is 0 Å². The topological polar surface area (TPSA) is 18.5 Å². The van der Waals surface area contributed by atoms with Gasteiger partial charge in [0.2, 0.25) is 0 Å². The Bertz CT molecular complexity index is 629. The fourth-order valence-electron chi connectivity index (χ4n) is 2.12. The summed E-state index contributed by atoms with van der Waals surface area (Å²) >= 11 is 0. The van der Waals surface area contributed by atoms with Crippen molar-refractivity contribution in [3.63, 3.8) is 0 Å². The van der Waals surface area contributed by atoms with Crippen LogP contribution in [-0.4, -0.2) is 26.4 Å². The molecule has 23 heavy (non-hydrogen) atoms. The third kappa shape index (κ3) is 4.60. The van der Waals surface area contributed by atoms with Gasteiger partial charge in [0.25, 0.3) is 0 Å². The molecule has 2 rings (SSSR count). The molecular formula is C19H27BO2Si. The van der Waals surface area contributed by atoms with Gasteiger partial charge >= 0.3 is 7.12 Å². The molecule has 1 saturated heterocycles. The van der Waals surface area contributed by atoms with E-state index in [4.69, 9.17) is 9.31 Å². The van der Waals surface area contributed by atoms with Crippen molar-refractivity contribution in [3.05, 3.63) is 41.4 Å². The highest BCUT2D eigenvalue weighted by atomic mass is 28.3. The molecule has 0 N–H and O–H groups in total. The Morgan fingerprint density at radius 1 is 1.00 bits per heavy atom. The van der Waals surface area contributed by atoms with Crippen molar-refractivity contribution >= 4 is 21.3 Å². The van der Waals surface area contributed by atoms with Crippen LogP contribution < -0.4 is 0 Å². The SMILES string of the molecule is CC1(C)OB(/C(C#C[Si](C)(C)C)=C/c2ccccc2)OC1(C)C. The monoisotopic (exact) mass is 326 g/mol. The Labute approximate surface area is 142 Å². The molecule has 0 spiro atoms. The molecule has 0 atom stereocenters. The smallest absolute Gasteiger partial charge is 0.399 e. The van der Waals surface area contributed by atoms with Crippen LogP contribution in [0, 0.1) is 11.5 Å². The molecule has 1 aromatic rings. The van der Waals surface area contributed by atoms with Crippen molar-refractivity contribution in [2.75, 3.05) is 0 Å². The van der Waals surface area contributed by atoms with Crippen molar-refractivity contribution in [2.24, 2.45) is 0 Å². The van der Waals surface area contributed by atoms with Crippen molar-refractivity contribution in [1.82, 2.24) is 0 Å². The highest BCUT2D eigenvalue weighted by Crippen LogP contribution is 2.38. The predicted molar refractivity (Wildman–Crippen MR) is 102 cm³/mol. The van der Waals surface area contributed by atoms with Gasteiger partial charge in [-0.15, -0.1) is 5.54 Å². The van der Waals surface area contributed by atoms with E-state index in [1.54, 1.807) is 0 Å². The van der Waals surface area contributed by atoms with E-state index in [1.165, 1.54) is 0 Å². The lowest BCUT2D eigenvalue weighted by atomic mass is 9.77. The van der Waals surface area contributed by atoms with Crippen molar-refractivity contribution in [3.8, 4) is 11.5 Å².